The topological polar surface area (TPSA) is 128 Å². The number of sulfonamides is 1. The van der Waals surface area contributed by atoms with Gasteiger partial charge in [-0.2, -0.15) is 0 Å². The second-order valence-electron chi connectivity index (χ2n) is 6.88. The van der Waals surface area contributed by atoms with E-state index < -0.39 is 27.5 Å². The summed E-state index contributed by atoms with van der Waals surface area (Å²) in [6, 6.07) is 8.27. The molecule has 2 aromatic rings. The first-order valence-electron chi connectivity index (χ1n) is 8.97. The van der Waals surface area contributed by atoms with Crippen LogP contribution < -0.4 is 14.8 Å². The third-order valence-corrected chi connectivity index (χ3v) is 5.75. The molecule has 0 aliphatic rings. The Kier molecular flexibility index (Phi) is 7.77. The maximum Gasteiger partial charge on any atom is 0.274 e. The molecule has 0 aromatic heterocycles. The molecule has 162 valence electrons. The van der Waals surface area contributed by atoms with Crippen LogP contribution in [-0.4, -0.2) is 32.4 Å². The number of hydrogen-bond donors (Lipinski definition) is 2. The zero-order valence-corrected chi connectivity index (χ0v) is 18.2. The summed E-state index contributed by atoms with van der Waals surface area (Å²) in [4.78, 5) is 22.6. The fraction of sp³-hybridized carbons (Fsp3) is 0.316. The molecule has 0 aliphatic heterocycles. The molecule has 2 aromatic carbocycles. The van der Waals surface area contributed by atoms with E-state index in [4.69, 9.17) is 16.3 Å². The Morgan fingerprint density at radius 1 is 1.27 bits per heavy atom. The summed E-state index contributed by atoms with van der Waals surface area (Å²) < 4.78 is 32.3. The van der Waals surface area contributed by atoms with Crippen LogP contribution >= 0.6 is 11.6 Å². The van der Waals surface area contributed by atoms with Gasteiger partial charge in [-0.15, -0.1) is 0 Å². The van der Waals surface area contributed by atoms with Crippen LogP contribution in [-0.2, 0) is 14.8 Å². The molecule has 0 atom stereocenters. The molecule has 0 fully saturated rings. The van der Waals surface area contributed by atoms with Crippen molar-refractivity contribution in [2.45, 2.75) is 25.7 Å². The molecular formula is C19H22ClN3O6S. The largest absolute Gasteiger partial charge is 0.482 e. The molecule has 0 saturated heterocycles. The van der Waals surface area contributed by atoms with Gasteiger partial charge in [0.25, 0.3) is 11.6 Å². The quantitative estimate of drug-likeness (QED) is 0.440. The number of nitro benzene ring substituents is 1. The lowest BCUT2D eigenvalue weighted by molar-refractivity contribution is -0.385. The van der Waals surface area contributed by atoms with Crippen molar-refractivity contribution in [2.75, 3.05) is 18.5 Å². The lowest BCUT2D eigenvalue weighted by Crippen LogP contribution is -2.27. The predicted molar refractivity (Wildman–Crippen MR) is 113 cm³/mol. The molecule has 9 nitrogen and oxygen atoms in total. The lowest BCUT2D eigenvalue weighted by Gasteiger charge is -2.12. The minimum absolute atomic E-state index is 0.0165. The number of carbonyl (C=O) groups is 1. The monoisotopic (exact) mass is 455 g/mol. The minimum atomic E-state index is -3.71. The van der Waals surface area contributed by atoms with E-state index in [1.54, 1.807) is 0 Å². The van der Waals surface area contributed by atoms with Crippen molar-refractivity contribution in [1.82, 2.24) is 4.72 Å². The van der Waals surface area contributed by atoms with Crippen LogP contribution in [0.1, 0.15) is 19.4 Å². The van der Waals surface area contributed by atoms with E-state index in [1.165, 1.54) is 43.3 Å². The van der Waals surface area contributed by atoms with E-state index in [0.29, 0.717) is 11.3 Å². The first-order chi connectivity index (χ1) is 14.0. The second kappa shape index (κ2) is 9.88. The third kappa shape index (κ3) is 6.15. The molecule has 2 N–H and O–H groups in total. The van der Waals surface area contributed by atoms with Crippen molar-refractivity contribution in [2.24, 2.45) is 5.92 Å². The number of benzene rings is 2. The zero-order chi connectivity index (χ0) is 22.5. The van der Waals surface area contributed by atoms with Crippen LogP contribution in [0, 0.1) is 23.0 Å². The van der Waals surface area contributed by atoms with Gasteiger partial charge in [0, 0.05) is 12.6 Å². The number of nitro groups is 1. The summed E-state index contributed by atoms with van der Waals surface area (Å²) in [7, 11) is -3.71. The van der Waals surface area contributed by atoms with Crippen molar-refractivity contribution in [3.05, 3.63) is 57.1 Å². The molecule has 0 aliphatic carbocycles. The van der Waals surface area contributed by atoms with E-state index in [9.17, 15) is 23.3 Å². The Bertz CT molecular complexity index is 1060. The van der Waals surface area contributed by atoms with Crippen LogP contribution in [0.5, 0.6) is 5.75 Å². The Morgan fingerprint density at radius 2 is 1.97 bits per heavy atom. The van der Waals surface area contributed by atoms with Gasteiger partial charge in [0.1, 0.15) is 5.75 Å². The Hall–Kier alpha value is -2.69. The van der Waals surface area contributed by atoms with Gasteiger partial charge in [0.15, 0.2) is 6.61 Å². The van der Waals surface area contributed by atoms with Gasteiger partial charge >= 0.3 is 0 Å². The molecule has 0 unspecified atom stereocenters. The fourth-order valence-electron chi connectivity index (χ4n) is 2.41. The maximum absolute atomic E-state index is 12.3. The minimum Gasteiger partial charge on any atom is -0.482 e. The summed E-state index contributed by atoms with van der Waals surface area (Å²) in [5, 5.41) is 13.6. The summed E-state index contributed by atoms with van der Waals surface area (Å²) >= 11 is 6.10. The van der Waals surface area contributed by atoms with E-state index >= 15 is 0 Å². The molecule has 30 heavy (non-hydrogen) atoms. The molecule has 0 saturated carbocycles. The van der Waals surface area contributed by atoms with E-state index in [0.717, 1.165) is 0 Å². The number of anilines is 1. The highest BCUT2D eigenvalue weighted by Gasteiger charge is 2.18. The fourth-order valence-corrected chi connectivity index (χ4v) is 3.95. The van der Waals surface area contributed by atoms with E-state index in [-0.39, 0.29) is 33.8 Å². The molecule has 0 spiro atoms. The maximum atomic E-state index is 12.3. The standard InChI is InChI=1S/C19H22ClN3O6S/c1-12(2)10-21-30(27,28)14-7-8-18(15(20)9-14)29-11-19(24)22-16-5-4-6-17(13(16)3)23(25)26/h4-9,12,21H,10-11H2,1-3H3,(H,22,24). The number of hydrogen-bond acceptors (Lipinski definition) is 6. The van der Waals surface area contributed by atoms with Crippen molar-refractivity contribution < 1.29 is 22.9 Å². The molecular weight excluding hydrogens is 434 g/mol. The molecule has 11 heteroatoms. The molecule has 2 rings (SSSR count). The third-order valence-electron chi connectivity index (χ3n) is 4.03. The van der Waals surface area contributed by atoms with Gasteiger partial charge in [-0.1, -0.05) is 31.5 Å². The molecule has 0 heterocycles. The highest BCUT2D eigenvalue weighted by atomic mass is 35.5. The smallest absolute Gasteiger partial charge is 0.274 e. The van der Waals surface area contributed by atoms with Gasteiger partial charge in [-0.3, -0.25) is 14.9 Å². The summed E-state index contributed by atoms with van der Waals surface area (Å²) in [6.45, 7) is 5.16. The highest BCUT2D eigenvalue weighted by molar-refractivity contribution is 7.89. The van der Waals surface area contributed by atoms with Gasteiger partial charge in [0.2, 0.25) is 10.0 Å². The van der Waals surface area contributed by atoms with Gasteiger partial charge in [-0.05, 0) is 37.1 Å². The first-order valence-corrected chi connectivity index (χ1v) is 10.8. The van der Waals surface area contributed by atoms with Crippen molar-refractivity contribution in [3.8, 4) is 5.75 Å². The van der Waals surface area contributed by atoms with Crippen LogP contribution in [0.25, 0.3) is 0 Å². The average molecular weight is 456 g/mol. The first kappa shape index (κ1) is 23.6. The zero-order valence-electron chi connectivity index (χ0n) is 16.6. The van der Waals surface area contributed by atoms with Crippen LogP contribution in [0.15, 0.2) is 41.3 Å². The number of amides is 1. The van der Waals surface area contributed by atoms with Gasteiger partial charge < -0.3 is 10.1 Å². The predicted octanol–water partition coefficient (Wildman–Crippen LogP) is 3.51. The summed E-state index contributed by atoms with van der Waals surface area (Å²) in [5.41, 5.74) is 0.499. The average Bonchev–Trinajstić information content (AvgIpc) is 2.67. The molecule has 0 radical (unpaired) electrons. The normalized spacial score (nSPS) is 11.4. The Balaban J connectivity index is 2.04. The molecule has 1 amide bonds. The summed E-state index contributed by atoms with van der Waals surface area (Å²) in [5.74, 6) is -0.276. The number of halogens is 1. The molecule has 0 bridgehead atoms. The van der Waals surface area contributed by atoms with Crippen molar-refractivity contribution >= 4 is 38.9 Å². The lowest BCUT2D eigenvalue weighted by atomic mass is 10.1. The number of rotatable bonds is 9. The number of nitrogens with one attached hydrogen (secondary N) is 2. The SMILES string of the molecule is Cc1c(NC(=O)COc2ccc(S(=O)(=O)NCC(C)C)cc2Cl)cccc1[N+](=O)[O-]. The van der Waals surface area contributed by atoms with Crippen molar-refractivity contribution in [1.29, 1.82) is 0 Å². The van der Waals surface area contributed by atoms with Crippen LogP contribution in [0.2, 0.25) is 5.02 Å². The number of carbonyl (C=O) groups excluding carboxylic acids is 1. The van der Waals surface area contributed by atoms with Crippen molar-refractivity contribution in [3.63, 3.8) is 0 Å². The van der Waals surface area contributed by atoms with Gasteiger partial charge in [0.05, 0.1) is 26.1 Å². The van der Waals surface area contributed by atoms with E-state index in [1.807, 2.05) is 13.8 Å². The van der Waals surface area contributed by atoms with Crippen LogP contribution in [0.4, 0.5) is 11.4 Å². The summed E-state index contributed by atoms with van der Waals surface area (Å²) in [6.07, 6.45) is 0. The second-order valence-corrected chi connectivity index (χ2v) is 9.06. The van der Waals surface area contributed by atoms with Gasteiger partial charge in [-0.25, -0.2) is 13.1 Å². The number of ether oxygens (including phenoxy) is 1. The van der Waals surface area contributed by atoms with E-state index in [2.05, 4.69) is 10.0 Å². The number of nitrogens with zero attached hydrogens (tertiary/aromatic N) is 1. The van der Waals surface area contributed by atoms with Crippen LogP contribution in [0.3, 0.4) is 0 Å². The Labute approximate surface area is 179 Å². The Morgan fingerprint density at radius 3 is 2.57 bits per heavy atom. The highest BCUT2D eigenvalue weighted by Crippen LogP contribution is 2.28.